The fourth-order valence-electron chi connectivity index (χ4n) is 5.02. The lowest BCUT2D eigenvalue weighted by atomic mass is 9.83. The molecular weight excluding hydrogens is 673 g/mol. The van der Waals surface area contributed by atoms with E-state index in [1.165, 1.54) is 6.20 Å². The molecule has 0 unspecified atom stereocenters. The van der Waals surface area contributed by atoms with Crippen molar-refractivity contribution < 1.29 is 28.0 Å². The zero-order valence-electron chi connectivity index (χ0n) is 31.3. The number of carbonyl (C=O) groups excluding carboxylic acids is 1. The first-order valence-electron chi connectivity index (χ1n) is 16.5. The third-order valence-corrected chi connectivity index (χ3v) is 14.4. The van der Waals surface area contributed by atoms with Crippen molar-refractivity contribution in [3.8, 4) is 23.2 Å². The average molecular weight is 724 g/mol. The predicted molar refractivity (Wildman–Crippen MR) is 198 cm³/mol. The summed E-state index contributed by atoms with van der Waals surface area (Å²) in [5.74, 6) is 0.416. The van der Waals surface area contributed by atoms with Gasteiger partial charge >= 0.3 is 6.09 Å². The molecule has 1 aliphatic rings. The lowest BCUT2D eigenvalue weighted by Gasteiger charge is -2.39. The van der Waals surface area contributed by atoms with E-state index >= 15 is 0 Å². The number of carbonyl (C=O) groups is 1. The van der Waals surface area contributed by atoms with Crippen molar-refractivity contribution in [3.05, 3.63) is 41.7 Å². The molecule has 1 aliphatic heterocycles. The standard InChI is InChI=1S/C35H50N7O6PSi/c1-33(2,3)48-32(43)42-21-35(7,22-47-50(11,12)34(4,5)6)25-18-23(17-24(19-36)28(25)42)26-13-14-37-30(39-26)40-27-20-38-31(49(9,10)44)41-29(27)46-16-15-45-8/h13-14,17-18,20H,15-16,21-22H2,1-12H3,(H,37,39,40)/t35-/m1/s1. The van der Waals surface area contributed by atoms with Crippen LogP contribution >= 0.6 is 7.14 Å². The van der Waals surface area contributed by atoms with Crippen molar-refractivity contribution >= 4 is 44.4 Å². The van der Waals surface area contributed by atoms with E-state index in [0.717, 1.165) is 5.56 Å². The van der Waals surface area contributed by atoms with Crippen molar-refractivity contribution in [2.75, 3.05) is 57.0 Å². The van der Waals surface area contributed by atoms with Crippen LogP contribution in [0.1, 0.15) is 59.6 Å². The van der Waals surface area contributed by atoms with Crippen LogP contribution in [0.15, 0.2) is 30.6 Å². The fourth-order valence-corrected chi connectivity index (χ4v) is 6.80. The second-order valence-corrected chi connectivity index (χ2v) is 23.6. The van der Waals surface area contributed by atoms with E-state index in [1.807, 2.05) is 26.8 Å². The molecule has 2 aromatic heterocycles. The SMILES string of the molecule is COCCOc1nc(P(C)(C)=O)ncc1Nc1nccc(-c2cc(C#N)c3c(c2)[C@@](C)(CO[Si](C)(C)C(C)(C)C)CN3C(=O)OC(C)(C)C)n1. The van der Waals surface area contributed by atoms with Crippen molar-refractivity contribution in [1.82, 2.24) is 19.9 Å². The van der Waals surface area contributed by atoms with Crippen LogP contribution in [0.3, 0.4) is 0 Å². The monoisotopic (exact) mass is 723 g/mol. The fraction of sp³-hybridized carbons (Fsp3) is 0.543. The number of rotatable bonds is 11. The third kappa shape index (κ3) is 8.87. The van der Waals surface area contributed by atoms with Crippen molar-refractivity contribution in [2.24, 2.45) is 0 Å². The Bertz CT molecular complexity index is 1830. The van der Waals surface area contributed by atoms with Gasteiger partial charge in [-0.05, 0) is 76.0 Å². The van der Waals surface area contributed by atoms with Crippen LogP contribution in [-0.2, 0) is 23.9 Å². The first kappa shape index (κ1) is 38.9. The van der Waals surface area contributed by atoms with Crippen molar-refractivity contribution in [3.63, 3.8) is 0 Å². The number of benzene rings is 1. The molecule has 0 spiro atoms. The van der Waals surface area contributed by atoms with Crippen LogP contribution in [0, 0.1) is 11.3 Å². The first-order valence-corrected chi connectivity index (χ1v) is 22.0. The van der Waals surface area contributed by atoms with Gasteiger partial charge in [0.25, 0.3) is 0 Å². The molecule has 4 rings (SSSR count). The van der Waals surface area contributed by atoms with Gasteiger partial charge in [-0.2, -0.15) is 10.2 Å². The average Bonchev–Trinajstić information content (AvgIpc) is 3.31. The Labute approximate surface area is 296 Å². The van der Waals surface area contributed by atoms with Gasteiger partial charge in [-0.3, -0.25) is 4.90 Å². The second-order valence-electron chi connectivity index (χ2n) is 15.7. The number of amides is 1. The largest absolute Gasteiger partial charge is 0.474 e. The molecule has 1 aromatic carbocycles. The van der Waals surface area contributed by atoms with Crippen molar-refractivity contribution in [1.29, 1.82) is 5.26 Å². The lowest BCUT2D eigenvalue weighted by Crippen LogP contribution is -2.46. The van der Waals surface area contributed by atoms with Crippen molar-refractivity contribution in [2.45, 2.75) is 77.6 Å². The quantitative estimate of drug-likeness (QED) is 0.125. The van der Waals surface area contributed by atoms with E-state index in [-0.39, 0.29) is 35.6 Å². The number of anilines is 3. The molecule has 15 heteroatoms. The molecular formula is C35H50N7O6PSi. The summed E-state index contributed by atoms with van der Waals surface area (Å²) >= 11 is 0. The van der Waals surface area contributed by atoms with Gasteiger partial charge in [0.2, 0.25) is 11.8 Å². The molecule has 0 bridgehead atoms. The summed E-state index contributed by atoms with van der Waals surface area (Å²) in [5.41, 5.74) is 2.02. The maximum Gasteiger partial charge on any atom is 0.414 e. The van der Waals surface area contributed by atoms with Gasteiger partial charge in [0.1, 0.15) is 31.1 Å². The van der Waals surface area contributed by atoms with Gasteiger partial charge in [-0.25, -0.2) is 19.7 Å². The minimum Gasteiger partial charge on any atom is -0.474 e. The molecule has 3 heterocycles. The Balaban J connectivity index is 1.78. The molecule has 0 fully saturated rings. The number of nitrogens with one attached hydrogen (secondary N) is 1. The number of aromatic nitrogens is 4. The van der Waals surface area contributed by atoms with E-state index in [1.54, 1.807) is 43.7 Å². The maximum atomic E-state index is 13.6. The lowest BCUT2D eigenvalue weighted by molar-refractivity contribution is 0.0575. The highest BCUT2D eigenvalue weighted by molar-refractivity contribution is 7.69. The molecule has 0 saturated heterocycles. The van der Waals surface area contributed by atoms with Crippen LogP contribution in [0.4, 0.5) is 22.1 Å². The minimum atomic E-state index is -2.76. The van der Waals surface area contributed by atoms with Gasteiger partial charge in [-0.15, -0.1) is 0 Å². The Hall–Kier alpha value is -3.89. The highest BCUT2D eigenvalue weighted by Crippen LogP contribution is 2.47. The smallest absolute Gasteiger partial charge is 0.414 e. The van der Waals surface area contributed by atoms with Crippen LogP contribution in [0.5, 0.6) is 5.88 Å². The van der Waals surface area contributed by atoms with Gasteiger partial charge in [0, 0.05) is 37.4 Å². The van der Waals surface area contributed by atoms with E-state index < -0.39 is 32.6 Å². The summed E-state index contributed by atoms with van der Waals surface area (Å²) in [7, 11) is -3.37. The number of hydrogen-bond acceptors (Lipinski definition) is 12. The molecule has 1 atom stereocenters. The number of fused-ring (bicyclic) bond motifs is 1. The summed E-state index contributed by atoms with van der Waals surface area (Å²) in [5, 5.41) is 13.5. The number of nitriles is 1. The molecule has 0 radical (unpaired) electrons. The normalized spacial score (nSPS) is 16.5. The molecule has 13 nitrogen and oxygen atoms in total. The highest BCUT2D eigenvalue weighted by Gasteiger charge is 2.47. The molecule has 0 saturated carbocycles. The van der Waals surface area contributed by atoms with Gasteiger partial charge in [0.05, 0.1) is 29.7 Å². The van der Waals surface area contributed by atoms with E-state index in [0.29, 0.717) is 41.4 Å². The summed E-state index contributed by atoms with van der Waals surface area (Å²) in [6, 6.07) is 7.76. The Morgan fingerprint density at radius 1 is 1.12 bits per heavy atom. The van der Waals surface area contributed by atoms with E-state index in [4.69, 9.17) is 23.6 Å². The summed E-state index contributed by atoms with van der Waals surface area (Å²) in [6.07, 6.45) is 2.57. The molecule has 0 aliphatic carbocycles. The Morgan fingerprint density at radius 2 is 1.82 bits per heavy atom. The molecule has 270 valence electrons. The van der Waals surface area contributed by atoms with Crippen LogP contribution < -0.4 is 20.5 Å². The van der Waals surface area contributed by atoms with E-state index in [2.05, 4.69) is 67.1 Å². The topological polar surface area (TPSA) is 162 Å². The zero-order valence-corrected chi connectivity index (χ0v) is 33.2. The van der Waals surface area contributed by atoms with Gasteiger partial charge < -0.3 is 28.5 Å². The first-order chi connectivity index (χ1) is 23.1. The van der Waals surface area contributed by atoms with Crippen LogP contribution in [0.2, 0.25) is 18.1 Å². The minimum absolute atomic E-state index is 0.0214. The van der Waals surface area contributed by atoms with Crippen LogP contribution in [0.25, 0.3) is 11.3 Å². The number of nitrogens with zero attached hydrogens (tertiary/aromatic N) is 6. The number of methoxy groups -OCH3 is 1. The zero-order chi connectivity index (χ0) is 37.3. The maximum absolute atomic E-state index is 13.6. The Kier molecular flexibility index (Phi) is 11.2. The molecule has 1 N–H and O–H groups in total. The number of hydrogen-bond donors (Lipinski definition) is 1. The Morgan fingerprint density at radius 3 is 2.42 bits per heavy atom. The predicted octanol–water partition coefficient (Wildman–Crippen LogP) is 6.86. The molecule has 3 aromatic rings. The van der Waals surface area contributed by atoms with Gasteiger partial charge in [-0.1, -0.05) is 27.7 Å². The van der Waals surface area contributed by atoms with Gasteiger partial charge in [0.15, 0.2) is 13.9 Å². The van der Waals surface area contributed by atoms with E-state index in [9.17, 15) is 14.6 Å². The molecule has 1 amide bonds. The summed E-state index contributed by atoms with van der Waals surface area (Å²) in [4.78, 5) is 33.0. The summed E-state index contributed by atoms with van der Waals surface area (Å²) < 4.78 is 36.2. The van der Waals surface area contributed by atoms with Crippen LogP contribution in [-0.4, -0.2) is 86.8 Å². The summed E-state index contributed by atoms with van der Waals surface area (Å²) in [6.45, 7) is 22.8. The number of ether oxygens (including phenoxy) is 3. The molecule has 50 heavy (non-hydrogen) atoms. The second kappa shape index (κ2) is 14.4. The third-order valence-electron chi connectivity index (χ3n) is 8.78. The highest BCUT2D eigenvalue weighted by atomic mass is 31.2.